The Balaban J connectivity index is 2.98. The van der Waals surface area contributed by atoms with Gasteiger partial charge in [0.15, 0.2) is 0 Å². The van der Waals surface area contributed by atoms with Gasteiger partial charge in [-0.05, 0) is 24.6 Å². The van der Waals surface area contributed by atoms with Crippen LogP contribution in [0.2, 0.25) is 0 Å². The van der Waals surface area contributed by atoms with Crippen molar-refractivity contribution >= 4 is 5.69 Å². The van der Waals surface area contributed by atoms with Crippen molar-refractivity contribution < 1.29 is 4.39 Å². The summed E-state index contributed by atoms with van der Waals surface area (Å²) < 4.78 is 13.6. The molecular weight excluding hydrogens is 191 g/mol. The first-order valence-electron chi connectivity index (χ1n) is 4.76. The molecule has 1 rings (SSSR count). The summed E-state index contributed by atoms with van der Waals surface area (Å²) in [5.74, 6) is 2.18. The zero-order valence-corrected chi connectivity index (χ0v) is 9.00. The molecule has 0 aromatic heterocycles. The first-order chi connectivity index (χ1) is 7.06. The zero-order valence-electron chi connectivity index (χ0n) is 9.00. The monoisotopic (exact) mass is 206 g/mol. The van der Waals surface area contributed by atoms with Crippen LogP contribution >= 0.6 is 0 Å². The number of hydrogen-bond donors (Lipinski definition) is 1. The summed E-state index contributed by atoms with van der Waals surface area (Å²) in [6, 6.07) is 4.81. The maximum atomic E-state index is 13.6. The predicted molar refractivity (Wildman–Crippen MR) is 61.1 cm³/mol. The minimum atomic E-state index is -0.289. The average Bonchev–Trinajstić information content (AvgIpc) is 2.17. The number of hydrogen-bond acceptors (Lipinski definition) is 2. The normalized spacial score (nSPS) is 11.9. The van der Waals surface area contributed by atoms with Gasteiger partial charge < -0.3 is 10.6 Å². The molecule has 0 spiro atoms. The molecule has 1 aromatic carbocycles. The Bertz CT molecular complexity index is 380. The number of benzene rings is 1. The van der Waals surface area contributed by atoms with Crippen molar-refractivity contribution in [2.24, 2.45) is 5.73 Å². The molecule has 0 saturated heterocycles. The highest BCUT2D eigenvalue weighted by molar-refractivity contribution is 5.49. The molecule has 0 unspecified atom stereocenters. The highest BCUT2D eigenvalue weighted by atomic mass is 19.1. The number of anilines is 1. The third-order valence-electron chi connectivity index (χ3n) is 2.24. The molecule has 0 aliphatic heterocycles. The summed E-state index contributed by atoms with van der Waals surface area (Å²) in [5.41, 5.74) is 6.94. The van der Waals surface area contributed by atoms with Crippen LogP contribution in [0.4, 0.5) is 10.1 Å². The lowest BCUT2D eigenvalue weighted by molar-refractivity contribution is 0.619. The quantitative estimate of drug-likeness (QED) is 0.765. The Hall–Kier alpha value is -1.53. The van der Waals surface area contributed by atoms with Crippen LogP contribution in [0, 0.1) is 18.2 Å². The van der Waals surface area contributed by atoms with E-state index in [4.69, 9.17) is 12.2 Å². The van der Waals surface area contributed by atoms with E-state index in [-0.39, 0.29) is 11.9 Å². The number of halogens is 1. The summed E-state index contributed by atoms with van der Waals surface area (Å²) in [7, 11) is 1.75. The van der Waals surface area contributed by atoms with E-state index in [1.807, 2.05) is 13.0 Å². The van der Waals surface area contributed by atoms with Gasteiger partial charge in [-0.25, -0.2) is 4.39 Å². The fraction of sp³-hybridized carbons (Fsp3) is 0.333. The Kier molecular flexibility index (Phi) is 3.70. The molecular formula is C12H15FN2. The Morgan fingerprint density at radius 2 is 2.27 bits per heavy atom. The minimum absolute atomic E-state index is 0.161. The van der Waals surface area contributed by atoms with Crippen molar-refractivity contribution in [3.8, 4) is 12.3 Å². The standard InChI is InChI=1S/C12H15FN2/c1-4-7-15(3)12-6-5-10(9(2)14)8-11(12)13/h1,5-6,8-9H,7,14H2,2-3H3/t9-/m1/s1. The summed E-state index contributed by atoms with van der Waals surface area (Å²) >= 11 is 0. The van der Waals surface area contributed by atoms with Gasteiger partial charge in [-0.15, -0.1) is 6.42 Å². The molecule has 0 bridgehead atoms. The molecule has 0 saturated carbocycles. The summed E-state index contributed by atoms with van der Waals surface area (Å²) in [4.78, 5) is 1.68. The summed E-state index contributed by atoms with van der Waals surface area (Å²) in [5, 5.41) is 0. The van der Waals surface area contributed by atoms with Crippen LogP contribution < -0.4 is 10.6 Å². The smallest absolute Gasteiger partial charge is 0.146 e. The maximum absolute atomic E-state index is 13.6. The molecule has 0 amide bonds. The van der Waals surface area contributed by atoms with Crippen molar-refractivity contribution in [1.82, 2.24) is 0 Å². The van der Waals surface area contributed by atoms with E-state index in [2.05, 4.69) is 5.92 Å². The van der Waals surface area contributed by atoms with E-state index < -0.39 is 0 Å². The topological polar surface area (TPSA) is 29.3 Å². The summed E-state index contributed by atoms with van der Waals surface area (Å²) in [6.45, 7) is 2.20. The van der Waals surface area contributed by atoms with Gasteiger partial charge in [-0.3, -0.25) is 0 Å². The SMILES string of the molecule is C#CCN(C)c1ccc([C@@H](C)N)cc1F. The van der Waals surface area contributed by atoms with Gasteiger partial charge in [0.2, 0.25) is 0 Å². The van der Waals surface area contributed by atoms with Gasteiger partial charge >= 0.3 is 0 Å². The Labute approximate surface area is 89.9 Å². The number of terminal acetylenes is 1. The third kappa shape index (κ3) is 2.71. The molecule has 1 aromatic rings. The van der Waals surface area contributed by atoms with Gasteiger partial charge in [-0.1, -0.05) is 12.0 Å². The molecule has 0 aliphatic carbocycles. The zero-order chi connectivity index (χ0) is 11.4. The molecule has 80 valence electrons. The van der Waals surface area contributed by atoms with Crippen LogP contribution in [0.1, 0.15) is 18.5 Å². The lowest BCUT2D eigenvalue weighted by atomic mass is 10.1. The predicted octanol–water partition coefficient (Wildman–Crippen LogP) is 1.91. The van der Waals surface area contributed by atoms with E-state index in [1.54, 1.807) is 18.0 Å². The Morgan fingerprint density at radius 3 is 2.73 bits per heavy atom. The molecule has 0 radical (unpaired) electrons. The lowest BCUT2D eigenvalue weighted by Crippen LogP contribution is -2.18. The number of nitrogens with two attached hydrogens (primary N) is 1. The van der Waals surface area contributed by atoms with Crippen LogP contribution in [-0.2, 0) is 0 Å². The van der Waals surface area contributed by atoms with Gasteiger partial charge in [0.25, 0.3) is 0 Å². The van der Waals surface area contributed by atoms with Crippen molar-refractivity contribution in [2.75, 3.05) is 18.5 Å². The molecule has 15 heavy (non-hydrogen) atoms. The molecule has 0 fully saturated rings. The van der Waals surface area contributed by atoms with Crippen LogP contribution in [0.25, 0.3) is 0 Å². The lowest BCUT2D eigenvalue weighted by Gasteiger charge is -2.18. The van der Waals surface area contributed by atoms with Crippen LogP contribution in [0.5, 0.6) is 0 Å². The molecule has 0 aliphatic rings. The van der Waals surface area contributed by atoms with Crippen molar-refractivity contribution in [1.29, 1.82) is 0 Å². The second kappa shape index (κ2) is 4.81. The minimum Gasteiger partial charge on any atom is -0.361 e. The molecule has 0 heterocycles. The first-order valence-corrected chi connectivity index (χ1v) is 4.76. The van der Waals surface area contributed by atoms with Crippen LogP contribution in [0.15, 0.2) is 18.2 Å². The highest BCUT2D eigenvalue weighted by Gasteiger charge is 2.08. The van der Waals surface area contributed by atoms with Gasteiger partial charge in [-0.2, -0.15) is 0 Å². The van der Waals surface area contributed by atoms with Gasteiger partial charge in [0.1, 0.15) is 5.82 Å². The number of nitrogens with zero attached hydrogens (tertiary/aromatic N) is 1. The highest BCUT2D eigenvalue weighted by Crippen LogP contribution is 2.21. The van der Waals surface area contributed by atoms with Crippen molar-refractivity contribution in [3.63, 3.8) is 0 Å². The second-order valence-electron chi connectivity index (χ2n) is 3.56. The fourth-order valence-corrected chi connectivity index (χ4v) is 1.34. The van der Waals surface area contributed by atoms with E-state index in [0.717, 1.165) is 5.56 Å². The van der Waals surface area contributed by atoms with Crippen LogP contribution in [-0.4, -0.2) is 13.6 Å². The summed E-state index contributed by atoms with van der Waals surface area (Å²) in [6.07, 6.45) is 5.16. The fourth-order valence-electron chi connectivity index (χ4n) is 1.34. The first kappa shape index (κ1) is 11.5. The average molecular weight is 206 g/mol. The molecule has 2 N–H and O–H groups in total. The van der Waals surface area contributed by atoms with Crippen LogP contribution in [0.3, 0.4) is 0 Å². The van der Waals surface area contributed by atoms with Gasteiger partial charge in [0, 0.05) is 13.1 Å². The third-order valence-corrected chi connectivity index (χ3v) is 2.24. The van der Waals surface area contributed by atoms with E-state index in [0.29, 0.717) is 12.2 Å². The van der Waals surface area contributed by atoms with E-state index >= 15 is 0 Å². The molecule has 3 heteroatoms. The maximum Gasteiger partial charge on any atom is 0.146 e. The number of rotatable bonds is 3. The Morgan fingerprint density at radius 1 is 1.60 bits per heavy atom. The second-order valence-corrected chi connectivity index (χ2v) is 3.56. The molecule has 2 nitrogen and oxygen atoms in total. The van der Waals surface area contributed by atoms with Crippen molar-refractivity contribution in [3.05, 3.63) is 29.6 Å². The van der Waals surface area contributed by atoms with E-state index in [9.17, 15) is 4.39 Å². The van der Waals surface area contributed by atoms with Crippen molar-refractivity contribution in [2.45, 2.75) is 13.0 Å². The van der Waals surface area contributed by atoms with E-state index in [1.165, 1.54) is 6.07 Å². The van der Waals surface area contributed by atoms with Gasteiger partial charge in [0.05, 0.1) is 12.2 Å². The molecule has 1 atom stereocenters. The largest absolute Gasteiger partial charge is 0.361 e.